The highest BCUT2D eigenvalue weighted by atomic mass is 35.5. The molecular weight excluding hydrogens is 254 g/mol. The smallest absolute Gasteiger partial charge is 0.132 e. The van der Waals surface area contributed by atoms with Gasteiger partial charge in [0.15, 0.2) is 0 Å². The van der Waals surface area contributed by atoms with Crippen molar-refractivity contribution in [3.63, 3.8) is 0 Å². The van der Waals surface area contributed by atoms with E-state index in [2.05, 4.69) is 10.3 Å². The van der Waals surface area contributed by atoms with E-state index in [0.29, 0.717) is 29.6 Å². The summed E-state index contributed by atoms with van der Waals surface area (Å²) in [6, 6.07) is 7.11. The van der Waals surface area contributed by atoms with Crippen molar-refractivity contribution < 1.29 is 9.84 Å². The van der Waals surface area contributed by atoms with Crippen LogP contribution in [0.4, 0.5) is 0 Å². The lowest BCUT2D eigenvalue weighted by molar-refractivity contribution is 0.261. The van der Waals surface area contributed by atoms with E-state index in [9.17, 15) is 5.11 Å². The number of halogens is 1. The molecule has 0 aliphatic heterocycles. The number of aryl methyl sites for hydroxylation is 1. The second-order valence-electron chi connectivity index (χ2n) is 3.70. The molecule has 0 spiro atoms. The third kappa shape index (κ3) is 2.80. The molecule has 0 atom stereocenters. The van der Waals surface area contributed by atoms with Gasteiger partial charge in [-0.25, -0.2) is 4.68 Å². The van der Waals surface area contributed by atoms with Gasteiger partial charge in [0.2, 0.25) is 0 Å². The Bertz CT molecular complexity index is 489. The number of ether oxygens (including phenoxy) is 1. The number of rotatable bonds is 5. The minimum atomic E-state index is -0.140. The molecule has 1 aromatic carbocycles. The predicted octanol–water partition coefficient (Wildman–Crippen LogP) is 2.02. The first-order valence-corrected chi connectivity index (χ1v) is 6.02. The van der Waals surface area contributed by atoms with Crippen LogP contribution >= 0.6 is 11.6 Å². The van der Waals surface area contributed by atoms with Crippen molar-refractivity contribution in [2.75, 3.05) is 0 Å². The van der Waals surface area contributed by atoms with E-state index in [1.165, 1.54) is 0 Å². The molecule has 0 aliphatic rings. The zero-order valence-electron chi connectivity index (χ0n) is 10.0. The van der Waals surface area contributed by atoms with E-state index < -0.39 is 0 Å². The summed E-state index contributed by atoms with van der Waals surface area (Å²) in [6.45, 7) is 2.83. The molecule has 0 unspecified atom stereocenters. The first-order chi connectivity index (χ1) is 8.74. The van der Waals surface area contributed by atoms with Crippen LogP contribution in [0.2, 0.25) is 5.02 Å². The maximum Gasteiger partial charge on any atom is 0.132 e. The number of nitrogens with zero attached hydrogens (tertiary/aromatic N) is 3. The van der Waals surface area contributed by atoms with Crippen LogP contribution in [0.15, 0.2) is 24.3 Å². The van der Waals surface area contributed by atoms with E-state index in [0.717, 1.165) is 5.69 Å². The fourth-order valence-electron chi connectivity index (χ4n) is 1.59. The lowest BCUT2D eigenvalue weighted by Gasteiger charge is -2.08. The van der Waals surface area contributed by atoms with E-state index in [-0.39, 0.29) is 6.61 Å². The maximum absolute atomic E-state index is 9.17. The van der Waals surface area contributed by atoms with Crippen LogP contribution in [-0.4, -0.2) is 20.1 Å². The lowest BCUT2D eigenvalue weighted by Crippen LogP contribution is -2.08. The fourth-order valence-corrected chi connectivity index (χ4v) is 1.71. The van der Waals surface area contributed by atoms with Crippen LogP contribution in [0.5, 0.6) is 5.75 Å². The van der Waals surface area contributed by atoms with Gasteiger partial charge in [-0.05, 0) is 31.2 Å². The average molecular weight is 268 g/mol. The van der Waals surface area contributed by atoms with Gasteiger partial charge in [-0.1, -0.05) is 16.8 Å². The third-order valence-electron chi connectivity index (χ3n) is 2.56. The van der Waals surface area contributed by atoms with Crippen molar-refractivity contribution in [2.24, 2.45) is 0 Å². The molecular formula is C12H14ClN3O2. The first kappa shape index (κ1) is 12.9. The number of benzene rings is 1. The summed E-state index contributed by atoms with van der Waals surface area (Å²) in [5, 5.41) is 17.7. The summed E-state index contributed by atoms with van der Waals surface area (Å²) in [4.78, 5) is 0. The SMILES string of the molecule is CCn1nnc(CO)c1COc1ccc(Cl)cc1. The molecule has 0 saturated carbocycles. The summed E-state index contributed by atoms with van der Waals surface area (Å²) in [7, 11) is 0. The Labute approximate surface area is 110 Å². The normalized spacial score (nSPS) is 10.6. The number of aliphatic hydroxyl groups excluding tert-OH is 1. The third-order valence-corrected chi connectivity index (χ3v) is 2.81. The van der Waals surface area contributed by atoms with Gasteiger partial charge in [-0.15, -0.1) is 5.10 Å². The molecule has 0 aliphatic carbocycles. The van der Waals surface area contributed by atoms with Crippen LogP contribution in [-0.2, 0) is 19.8 Å². The monoisotopic (exact) mass is 267 g/mol. The molecule has 1 aromatic heterocycles. The van der Waals surface area contributed by atoms with Gasteiger partial charge in [0, 0.05) is 11.6 Å². The molecule has 0 saturated heterocycles. The van der Waals surface area contributed by atoms with Crippen molar-refractivity contribution in [3.05, 3.63) is 40.7 Å². The lowest BCUT2D eigenvalue weighted by atomic mass is 10.3. The Morgan fingerprint density at radius 2 is 2.06 bits per heavy atom. The highest BCUT2D eigenvalue weighted by molar-refractivity contribution is 6.30. The summed E-state index contributed by atoms with van der Waals surface area (Å²) in [5.74, 6) is 0.715. The van der Waals surface area contributed by atoms with Gasteiger partial charge in [-0.3, -0.25) is 0 Å². The standard InChI is InChI=1S/C12H14ClN3O2/c1-2-16-12(11(7-17)14-15-16)8-18-10-5-3-9(13)4-6-10/h3-6,17H,2,7-8H2,1H3. The Balaban J connectivity index is 2.09. The zero-order chi connectivity index (χ0) is 13.0. The summed E-state index contributed by atoms with van der Waals surface area (Å²) in [6.07, 6.45) is 0. The van der Waals surface area contributed by atoms with Crippen molar-refractivity contribution >= 4 is 11.6 Å². The molecule has 96 valence electrons. The molecule has 1 heterocycles. The highest BCUT2D eigenvalue weighted by Gasteiger charge is 2.11. The maximum atomic E-state index is 9.17. The van der Waals surface area contributed by atoms with E-state index in [1.54, 1.807) is 28.9 Å². The Morgan fingerprint density at radius 3 is 2.67 bits per heavy atom. The predicted molar refractivity (Wildman–Crippen MR) is 67.4 cm³/mol. The topological polar surface area (TPSA) is 60.2 Å². The molecule has 2 rings (SSSR count). The minimum absolute atomic E-state index is 0.140. The second kappa shape index (κ2) is 5.84. The quantitative estimate of drug-likeness (QED) is 0.900. The molecule has 5 nitrogen and oxygen atoms in total. The fraction of sp³-hybridized carbons (Fsp3) is 0.333. The van der Waals surface area contributed by atoms with Crippen LogP contribution in [0, 0.1) is 0 Å². The first-order valence-electron chi connectivity index (χ1n) is 5.65. The Hall–Kier alpha value is -1.59. The number of hydrogen-bond acceptors (Lipinski definition) is 4. The molecule has 0 fully saturated rings. The summed E-state index contributed by atoms with van der Waals surface area (Å²) < 4.78 is 7.33. The Kier molecular flexibility index (Phi) is 4.17. The number of aromatic nitrogens is 3. The highest BCUT2D eigenvalue weighted by Crippen LogP contribution is 2.17. The second-order valence-corrected chi connectivity index (χ2v) is 4.14. The molecule has 0 bridgehead atoms. The van der Waals surface area contributed by atoms with Gasteiger partial charge in [0.1, 0.15) is 23.7 Å². The molecule has 18 heavy (non-hydrogen) atoms. The van der Waals surface area contributed by atoms with Gasteiger partial charge < -0.3 is 9.84 Å². The van der Waals surface area contributed by atoms with Crippen molar-refractivity contribution in [1.82, 2.24) is 15.0 Å². The molecule has 6 heteroatoms. The van der Waals surface area contributed by atoms with Gasteiger partial charge >= 0.3 is 0 Å². The van der Waals surface area contributed by atoms with Crippen LogP contribution in [0.25, 0.3) is 0 Å². The van der Waals surface area contributed by atoms with Gasteiger partial charge in [0.05, 0.1) is 6.61 Å². The zero-order valence-corrected chi connectivity index (χ0v) is 10.8. The summed E-state index contributed by atoms with van der Waals surface area (Å²) >= 11 is 5.79. The van der Waals surface area contributed by atoms with E-state index >= 15 is 0 Å². The molecule has 0 radical (unpaired) electrons. The van der Waals surface area contributed by atoms with Crippen LogP contribution in [0.1, 0.15) is 18.3 Å². The largest absolute Gasteiger partial charge is 0.487 e. The summed E-state index contributed by atoms with van der Waals surface area (Å²) in [5.41, 5.74) is 1.33. The number of aliphatic hydroxyl groups is 1. The molecule has 2 aromatic rings. The van der Waals surface area contributed by atoms with Crippen molar-refractivity contribution in [1.29, 1.82) is 0 Å². The van der Waals surface area contributed by atoms with Gasteiger partial charge in [0.25, 0.3) is 0 Å². The van der Waals surface area contributed by atoms with Crippen LogP contribution < -0.4 is 4.74 Å². The van der Waals surface area contributed by atoms with Crippen LogP contribution in [0.3, 0.4) is 0 Å². The molecule has 1 N–H and O–H groups in total. The van der Waals surface area contributed by atoms with E-state index in [4.69, 9.17) is 16.3 Å². The minimum Gasteiger partial charge on any atom is -0.487 e. The van der Waals surface area contributed by atoms with E-state index in [1.807, 2.05) is 6.92 Å². The van der Waals surface area contributed by atoms with Crippen molar-refractivity contribution in [3.8, 4) is 5.75 Å². The molecule has 0 amide bonds. The van der Waals surface area contributed by atoms with Gasteiger partial charge in [-0.2, -0.15) is 0 Å². The Morgan fingerprint density at radius 1 is 1.33 bits per heavy atom. The van der Waals surface area contributed by atoms with Crippen molar-refractivity contribution in [2.45, 2.75) is 26.7 Å². The average Bonchev–Trinajstić information content (AvgIpc) is 2.80. The number of hydrogen-bond donors (Lipinski definition) is 1.